The fourth-order valence-corrected chi connectivity index (χ4v) is 5.35. The number of aromatic nitrogens is 1. The zero-order chi connectivity index (χ0) is 21.6. The molecule has 5 nitrogen and oxygen atoms in total. The third-order valence-electron chi connectivity index (χ3n) is 6.59. The molecule has 2 fully saturated rings. The molecule has 1 aromatic carbocycles. The molecular formula is C25H30N2O3S. The van der Waals surface area contributed by atoms with Crippen LogP contribution in [0.4, 0.5) is 5.69 Å². The summed E-state index contributed by atoms with van der Waals surface area (Å²) in [6.07, 6.45) is 12.9. The number of carbonyl (C=O) groups excluding carboxylic acids is 1. The number of rotatable bonds is 8. The SMILES string of the molecule is O=C(CC(C(=O)O)C1CCCCC1)Nc1cccc(/C=C/c2nc(C3CCC3)cs2)c1. The highest BCUT2D eigenvalue weighted by atomic mass is 32.1. The molecule has 164 valence electrons. The number of nitrogens with one attached hydrogen (secondary N) is 1. The average Bonchev–Trinajstić information content (AvgIpc) is 3.18. The van der Waals surface area contributed by atoms with Crippen LogP contribution >= 0.6 is 11.3 Å². The number of thiazole rings is 1. The molecule has 2 saturated carbocycles. The molecule has 4 rings (SSSR count). The zero-order valence-electron chi connectivity index (χ0n) is 17.8. The highest BCUT2D eigenvalue weighted by molar-refractivity contribution is 7.10. The molecule has 1 unspecified atom stereocenters. The molecule has 6 heteroatoms. The average molecular weight is 439 g/mol. The first-order valence-corrected chi connectivity index (χ1v) is 12.2. The van der Waals surface area contributed by atoms with Gasteiger partial charge in [0.15, 0.2) is 0 Å². The Morgan fingerprint density at radius 1 is 1.13 bits per heavy atom. The number of benzene rings is 1. The van der Waals surface area contributed by atoms with Gasteiger partial charge in [0.1, 0.15) is 5.01 Å². The zero-order valence-corrected chi connectivity index (χ0v) is 18.6. The Labute approximate surface area is 187 Å². The first kappa shape index (κ1) is 21.8. The number of carboxylic acids is 1. The molecule has 2 aliphatic rings. The van der Waals surface area contributed by atoms with Crippen molar-refractivity contribution >= 4 is 41.1 Å². The van der Waals surface area contributed by atoms with Gasteiger partial charge in [0, 0.05) is 23.4 Å². The number of hydrogen-bond acceptors (Lipinski definition) is 4. The molecule has 0 radical (unpaired) electrons. The molecule has 1 atom stereocenters. The van der Waals surface area contributed by atoms with E-state index in [0.29, 0.717) is 11.6 Å². The number of hydrogen-bond donors (Lipinski definition) is 2. The number of carbonyl (C=O) groups is 2. The van der Waals surface area contributed by atoms with E-state index >= 15 is 0 Å². The van der Waals surface area contributed by atoms with Crippen molar-refractivity contribution in [3.8, 4) is 0 Å². The van der Waals surface area contributed by atoms with Crippen LogP contribution in [0.2, 0.25) is 0 Å². The summed E-state index contributed by atoms with van der Waals surface area (Å²) >= 11 is 1.66. The summed E-state index contributed by atoms with van der Waals surface area (Å²) in [4.78, 5) is 29.0. The molecule has 2 aromatic rings. The van der Waals surface area contributed by atoms with Crippen molar-refractivity contribution < 1.29 is 14.7 Å². The van der Waals surface area contributed by atoms with Crippen LogP contribution < -0.4 is 5.32 Å². The topological polar surface area (TPSA) is 79.3 Å². The lowest BCUT2D eigenvalue weighted by atomic mass is 9.78. The molecule has 0 bridgehead atoms. The third kappa shape index (κ3) is 5.82. The molecule has 1 amide bonds. The van der Waals surface area contributed by atoms with E-state index in [-0.39, 0.29) is 18.2 Å². The lowest BCUT2D eigenvalue weighted by Crippen LogP contribution is -2.30. The maximum atomic E-state index is 12.6. The standard InChI is InChI=1S/C25H30N2O3S/c28-23(15-21(25(29)30)18-7-2-1-3-8-18)26-20-11-4-6-17(14-20)12-13-24-27-22(16-31-24)19-9-5-10-19/h4,6,11-14,16,18-19,21H,1-3,5,7-10,15H2,(H,26,28)(H,29,30)/b13-12+. The Hall–Kier alpha value is -2.47. The van der Waals surface area contributed by atoms with Crippen molar-refractivity contribution in [3.05, 3.63) is 45.9 Å². The summed E-state index contributed by atoms with van der Waals surface area (Å²) in [7, 11) is 0. The van der Waals surface area contributed by atoms with E-state index in [1.54, 1.807) is 11.3 Å². The van der Waals surface area contributed by atoms with Gasteiger partial charge in [0.05, 0.1) is 11.6 Å². The molecule has 0 saturated heterocycles. The maximum Gasteiger partial charge on any atom is 0.307 e. The van der Waals surface area contributed by atoms with Crippen LogP contribution in [0.1, 0.15) is 80.0 Å². The van der Waals surface area contributed by atoms with E-state index in [1.165, 1.54) is 25.0 Å². The van der Waals surface area contributed by atoms with Gasteiger partial charge in [-0.1, -0.05) is 43.9 Å². The molecular weight excluding hydrogens is 408 g/mol. The molecule has 0 aliphatic heterocycles. The Kier molecular flexibility index (Phi) is 7.17. The fourth-order valence-electron chi connectivity index (χ4n) is 4.56. The number of carboxylic acid groups (broad SMARTS) is 1. The van der Waals surface area contributed by atoms with Crippen LogP contribution in [0.25, 0.3) is 12.2 Å². The molecule has 2 aliphatic carbocycles. The van der Waals surface area contributed by atoms with Gasteiger partial charge in [-0.25, -0.2) is 4.98 Å². The lowest BCUT2D eigenvalue weighted by Gasteiger charge is -2.27. The van der Waals surface area contributed by atoms with Crippen LogP contribution in [0, 0.1) is 11.8 Å². The van der Waals surface area contributed by atoms with Crippen LogP contribution in [0.3, 0.4) is 0 Å². The highest BCUT2D eigenvalue weighted by Crippen LogP contribution is 2.37. The van der Waals surface area contributed by atoms with Crippen molar-refractivity contribution in [1.82, 2.24) is 4.98 Å². The monoisotopic (exact) mass is 438 g/mol. The van der Waals surface area contributed by atoms with Crippen molar-refractivity contribution in [2.45, 2.75) is 63.7 Å². The summed E-state index contributed by atoms with van der Waals surface area (Å²) in [6.45, 7) is 0. The second-order valence-corrected chi connectivity index (χ2v) is 9.68. The van der Waals surface area contributed by atoms with Gasteiger partial charge in [0.25, 0.3) is 0 Å². The van der Waals surface area contributed by atoms with Gasteiger partial charge in [-0.15, -0.1) is 11.3 Å². The Morgan fingerprint density at radius 2 is 1.94 bits per heavy atom. The number of anilines is 1. The predicted molar refractivity (Wildman–Crippen MR) is 125 cm³/mol. The van der Waals surface area contributed by atoms with Crippen molar-refractivity contribution in [2.75, 3.05) is 5.32 Å². The van der Waals surface area contributed by atoms with Gasteiger partial charge in [-0.3, -0.25) is 9.59 Å². The Balaban J connectivity index is 1.35. The molecule has 0 spiro atoms. The summed E-state index contributed by atoms with van der Waals surface area (Å²) < 4.78 is 0. The van der Waals surface area contributed by atoms with Gasteiger partial charge >= 0.3 is 5.97 Å². The van der Waals surface area contributed by atoms with E-state index in [1.807, 2.05) is 36.4 Å². The van der Waals surface area contributed by atoms with Gasteiger partial charge in [0.2, 0.25) is 5.91 Å². The van der Waals surface area contributed by atoms with Crippen LogP contribution in [0.5, 0.6) is 0 Å². The van der Waals surface area contributed by atoms with E-state index in [2.05, 4.69) is 10.7 Å². The summed E-state index contributed by atoms with van der Waals surface area (Å²) in [5.41, 5.74) is 2.87. The lowest BCUT2D eigenvalue weighted by molar-refractivity contribution is -0.146. The summed E-state index contributed by atoms with van der Waals surface area (Å²) in [5, 5.41) is 15.7. The van der Waals surface area contributed by atoms with Crippen LogP contribution in [-0.2, 0) is 9.59 Å². The van der Waals surface area contributed by atoms with Crippen molar-refractivity contribution in [3.63, 3.8) is 0 Å². The van der Waals surface area contributed by atoms with Crippen LogP contribution in [-0.4, -0.2) is 22.0 Å². The first-order chi connectivity index (χ1) is 15.1. The van der Waals surface area contributed by atoms with Crippen molar-refractivity contribution in [2.24, 2.45) is 11.8 Å². The molecule has 1 aromatic heterocycles. The largest absolute Gasteiger partial charge is 0.481 e. The number of nitrogens with zero attached hydrogens (tertiary/aromatic N) is 1. The Bertz CT molecular complexity index is 942. The van der Waals surface area contributed by atoms with Gasteiger partial charge < -0.3 is 10.4 Å². The van der Waals surface area contributed by atoms with E-state index in [0.717, 1.165) is 42.7 Å². The first-order valence-electron chi connectivity index (χ1n) is 11.3. The van der Waals surface area contributed by atoms with E-state index < -0.39 is 11.9 Å². The third-order valence-corrected chi connectivity index (χ3v) is 7.42. The van der Waals surface area contributed by atoms with Gasteiger partial charge in [-0.2, -0.15) is 0 Å². The normalized spacial score (nSPS) is 18.6. The highest BCUT2D eigenvalue weighted by Gasteiger charge is 2.31. The fraction of sp³-hybridized carbons (Fsp3) is 0.480. The minimum absolute atomic E-state index is 0.0309. The number of aliphatic carboxylic acids is 1. The van der Waals surface area contributed by atoms with E-state index in [4.69, 9.17) is 4.98 Å². The van der Waals surface area contributed by atoms with Gasteiger partial charge in [-0.05, 0) is 55.4 Å². The second-order valence-electron chi connectivity index (χ2n) is 8.79. The smallest absolute Gasteiger partial charge is 0.307 e. The van der Waals surface area contributed by atoms with Crippen LogP contribution in [0.15, 0.2) is 29.6 Å². The minimum atomic E-state index is -0.858. The number of amides is 1. The second kappa shape index (κ2) is 10.2. The minimum Gasteiger partial charge on any atom is -0.481 e. The predicted octanol–water partition coefficient (Wildman–Crippen LogP) is 6.19. The quantitative estimate of drug-likeness (QED) is 0.515. The summed E-state index contributed by atoms with van der Waals surface area (Å²) in [5.74, 6) is -0.944. The molecule has 2 N–H and O–H groups in total. The maximum absolute atomic E-state index is 12.6. The molecule has 1 heterocycles. The Morgan fingerprint density at radius 3 is 2.65 bits per heavy atom. The van der Waals surface area contributed by atoms with E-state index in [9.17, 15) is 14.7 Å². The van der Waals surface area contributed by atoms with Crippen molar-refractivity contribution in [1.29, 1.82) is 0 Å². The summed E-state index contributed by atoms with van der Waals surface area (Å²) in [6, 6.07) is 7.62. The molecule has 31 heavy (non-hydrogen) atoms.